The highest BCUT2D eigenvalue weighted by Crippen LogP contribution is 2.36. The van der Waals surface area contributed by atoms with Crippen LogP contribution in [0.4, 0.5) is 0 Å². The maximum Gasteiger partial charge on any atom is 0.161 e. The summed E-state index contributed by atoms with van der Waals surface area (Å²) in [4.78, 5) is 13.8. The van der Waals surface area contributed by atoms with Crippen molar-refractivity contribution in [2.75, 3.05) is 6.61 Å². The van der Waals surface area contributed by atoms with E-state index in [0.29, 0.717) is 17.8 Å². The molecule has 0 aliphatic carbocycles. The molecule has 3 aromatic heterocycles. The third kappa shape index (κ3) is 5.32. The zero-order valence-corrected chi connectivity index (χ0v) is 21.6. The summed E-state index contributed by atoms with van der Waals surface area (Å²) in [7, 11) is -1.15. The van der Waals surface area contributed by atoms with Gasteiger partial charge >= 0.3 is 0 Å². The van der Waals surface area contributed by atoms with Gasteiger partial charge in [0.25, 0.3) is 0 Å². The van der Waals surface area contributed by atoms with Crippen LogP contribution in [0.3, 0.4) is 0 Å². The number of benzene rings is 1. The standard InChI is InChI=1S/C25H30ClN5OSi/c1-17(2)21-13-28-24(22-14-27-23(26)12-20(21)22)18-8-6-7-9-19(18)25-29-15-30-31(25)16-32-10-11-33(3,4)5/h6-9,12-15,17H,10-11,16H2,1-5H3. The molecule has 4 rings (SSSR count). The van der Waals surface area contributed by atoms with Gasteiger partial charge in [0.05, 0.1) is 5.69 Å². The number of hydrogen-bond donors (Lipinski definition) is 0. The molecule has 0 amide bonds. The lowest BCUT2D eigenvalue weighted by Gasteiger charge is -2.17. The van der Waals surface area contributed by atoms with Crippen molar-refractivity contribution in [1.29, 1.82) is 0 Å². The second-order valence-corrected chi connectivity index (χ2v) is 15.8. The van der Waals surface area contributed by atoms with E-state index >= 15 is 0 Å². The average Bonchev–Trinajstić information content (AvgIpc) is 3.23. The smallest absolute Gasteiger partial charge is 0.161 e. The van der Waals surface area contributed by atoms with Crippen molar-refractivity contribution in [3.63, 3.8) is 0 Å². The maximum absolute atomic E-state index is 6.25. The second kappa shape index (κ2) is 9.71. The van der Waals surface area contributed by atoms with Crippen molar-refractivity contribution in [2.45, 2.75) is 52.2 Å². The van der Waals surface area contributed by atoms with E-state index in [0.717, 1.165) is 51.6 Å². The highest BCUT2D eigenvalue weighted by molar-refractivity contribution is 6.76. The molecule has 0 bridgehead atoms. The topological polar surface area (TPSA) is 65.7 Å². The molecule has 8 heteroatoms. The molecule has 0 radical (unpaired) electrons. The molecule has 0 N–H and O–H groups in total. The molecule has 0 fully saturated rings. The van der Waals surface area contributed by atoms with Crippen molar-refractivity contribution < 1.29 is 4.74 Å². The summed E-state index contributed by atoms with van der Waals surface area (Å²) < 4.78 is 7.75. The molecule has 0 aliphatic heterocycles. The van der Waals surface area contributed by atoms with Crippen LogP contribution in [0.2, 0.25) is 30.8 Å². The van der Waals surface area contributed by atoms with Gasteiger partial charge in [-0.15, -0.1) is 0 Å². The van der Waals surface area contributed by atoms with Crippen LogP contribution in [0.5, 0.6) is 0 Å². The maximum atomic E-state index is 6.25. The molecule has 1 aromatic carbocycles. The number of fused-ring (bicyclic) bond motifs is 1. The Kier molecular flexibility index (Phi) is 6.93. The molecule has 0 unspecified atom stereocenters. The van der Waals surface area contributed by atoms with Crippen LogP contribution in [0.25, 0.3) is 33.4 Å². The quantitative estimate of drug-likeness (QED) is 0.161. The minimum atomic E-state index is -1.15. The molecule has 0 aliphatic rings. The summed E-state index contributed by atoms with van der Waals surface area (Å²) in [6.07, 6.45) is 5.33. The molecule has 0 atom stereocenters. The molecular weight excluding hydrogens is 450 g/mol. The molecule has 0 saturated carbocycles. The number of hydrogen-bond acceptors (Lipinski definition) is 5. The summed E-state index contributed by atoms with van der Waals surface area (Å²) in [5.74, 6) is 1.07. The highest BCUT2D eigenvalue weighted by atomic mass is 35.5. The molecule has 33 heavy (non-hydrogen) atoms. The summed E-state index contributed by atoms with van der Waals surface area (Å²) in [6.45, 7) is 12.4. The molecule has 4 aromatic rings. The van der Waals surface area contributed by atoms with Gasteiger partial charge in [0.15, 0.2) is 5.82 Å². The van der Waals surface area contributed by atoms with E-state index in [-0.39, 0.29) is 0 Å². The summed E-state index contributed by atoms with van der Waals surface area (Å²) >= 11 is 6.25. The van der Waals surface area contributed by atoms with E-state index < -0.39 is 8.07 Å². The van der Waals surface area contributed by atoms with Crippen LogP contribution in [0.1, 0.15) is 25.3 Å². The predicted molar refractivity (Wildman–Crippen MR) is 137 cm³/mol. The number of aromatic nitrogens is 5. The summed E-state index contributed by atoms with van der Waals surface area (Å²) in [6, 6.07) is 11.2. The van der Waals surface area contributed by atoms with Crippen LogP contribution in [0, 0.1) is 0 Å². The normalized spacial score (nSPS) is 12.1. The Balaban J connectivity index is 1.74. The fraction of sp³-hybridized carbons (Fsp3) is 0.360. The van der Waals surface area contributed by atoms with Crippen LogP contribution >= 0.6 is 11.6 Å². The largest absolute Gasteiger partial charge is 0.359 e. The fourth-order valence-electron chi connectivity index (χ4n) is 3.79. The third-order valence-corrected chi connectivity index (χ3v) is 7.55. The van der Waals surface area contributed by atoms with Crippen molar-refractivity contribution in [2.24, 2.45) is 0 Å². The minimum absolute atomic E-state index is 0.319. The number of rotatable bonds is 8. The van der Waals surface area contributed by atoms with E-state index in [2.05, 4.69) is 54.6 Å². The third-order valence-electron chi connectivity index (χ3n) is 5.64. The lowest BCUT2D eigenvalue weighted by Crippen LogP contribution is -2.22. The van der Waals surface area contributed by atoms with Crippen LogP contribution < -0.4 is 0 Å². The lowest BCUT2D eigenvalue weighted by atomic mass is 9.95. The van der Waals surface area contributed by atoms with E-state index in [1.54, 1.807) is 6.33 Å². The zero-order chi connectivity index (χ0) is 23.6. The van der Waals surface area contributed by atoms with Crippen molar-refractivity contribution >= 4 is 30.4 Å². The Labute approximate surface area is 201 Å². The van der Waals surface area contributed by atoms with E-state index in [1.165, 1.54) is 0 Å². The summed E-state index contributed by atoms with van der Waals surface area (Å²) in [5, 5.41) is 6.93. The van der Waals surface area contributed by atoms with Gasteiger partial charge in [-0.1, -0.05) is 69.4 Å². The van der Waals surface area contributed by atoms with Gasteiger partial charge in [0.2, 0.25) is 0 Å². The monoisotopic (exact) mass is 479 g/mol. The summed E-state index contributed by atoms with van der Waals surface area (Å²) in [5.41, 5.74) is 3.92. The molecule has 0 saturated heterocycles. The fourth-order valence-corrected chi connectivity index (χ4v) is 4.70. The van der Waals surface area contributed by atoms with Crippen LogP contribution in [0.15, 0.2) is 49.1 Å². The van der Waals surface area contributed by atoms with Gasteiger partial charge in [0.1, 0.15) is 18.2 Å². The van der Waals surface area contributed by atoms with Gasteiger partial charge in [-0.25, -0.2) is 14.6 Å². The van der Waals surface area contributed by atoms with Gasteiger partial charge < -0.3 is 4.74 Å². The minimum Gasteiger partial charge on any atom is -0.359 e. The van der Waals surface area contributed by atoms with Crippen molar-refractivity contribution in [3.05, 3.63) is 59.8 Å². The van der Waals surface area contributed by atoms with Crippen molar-refractivity contribution in [3.8, 4) is 22.6 Å². The number of halogens is 1. The Morgan fingerprint density at radius 3 is 2.48 bits per heavy atom. The first-order chi connectivity index (χ1) is 15.7. The van der Waals surface area contributed by atoms with E-state index in [1.807, 2.05) is 41.3 Å². The van der Waals surface area contributed by atoms with Gasteiger partial charge in [-0.3, -0.25) is 4.98 Å². The Hall–Kier alpha value is -2.61. The average molecular weight is 480 g/mol. The molecule has 6 nitrogen and oxygen atoms in total. The van der Waals surface area contributed by atoms with Gasteiger partial charge in [-0.2, -0.15) is 5.10 Å². The first-order valence-corrected chi connectivity index (χ1v) is 15.3. The SMILES string of the molecule is CC(C)c1cnc(-c2ccccc2-c2ncnn2COCC[Si](C)(C)C)c2cnc(Cl)cc12. The van der Waals surface area contributed by atoms with E-state index in [4.69, 9.17) is 21.3 Å². The molecule has 172 valence electrons. The zero-order valence-electron chi connectivity index (χ0n) is 19.8. The molecule has 3 heterocycles. The number of pyridine rings is 2. The number of ether oxygens (including phenoxy) is 1. The Bertz CT molecular complexity index is 1270. The number of nitrogens with zero attached hydrogens (tertiary/aromatic N) is 5. The van der Waals surface area contributed by atoms with Crippen molar-refractivity contribution in [1.82, 2.24) is 24.7 Å². The Morgan fingerprint density at radius 2 is 1.76 bits per heavy atom. The predicted octanol–water partition coefficient (Wildman–Crippen LogP) is 6.64. The molecular formula is C25H30ClN5OSi. The lowest BCUT2D eigenvalue weighted by molar-refractivity contribution is 0.0796. The van der Waals surface area contributed by atoms with Crippen LogP contribution in [-0.2, 0) is 11.5 Å². The highest BCUT2D eigenvalue weighted by Gasteiger charge is 2.19. The first-order valence-electron chi connectivity index (χ1n) is 11.2. The van der Waals surface area contributed by atoms with Crippen LogP contribution in [-0.4, -0.2) is 39.4 Å². The second-order valence-electron chi connectivity index (χ2n) is 9.75. The van der Waals surface area contributed by atoms with E-state index in [9.17, 15) is 0 Å². The van der Waals surface area contributed by atoms with Gasteiger partial charge in [0, 0.05) is 43.6 Å². The molecule has 0 spiro atoms. The van der Waals surface area contributed by atoms with Gasteiger partial charge in [-0.05, 0) is 29.0 Å². The Morgan fingerprint density at radius 1 is 1.00 bits per heavy atom. The first kappa shape index (κ1) is 23.5.